The van der Waals surface area contributed by atoms with E-state index in [-0.39, 0.29) is 0 Å². The Bertz CT molecular complexity index is 687. The fraction of sp³-hybridized carbons (Fsp3) is 0.278. The zero-order chi connectivity index (χ0) is 15.6. The van der Waals surface area contributed by atoms with Crippen molar-refractivity contribution in [1.82, 2.24) is 4.90 Å². The molecule has 4 heteroatoms. The number of aliphatic hydroxyl groups is 1. The third kappa shape index (κ3) is 2.51. The van der Waals surface area contributed by atoms with Gasteiger partial charge in [-0.1, -0.05) is 55.3 Å². The average Bonchev–Trinajstić information content (AvgIpc) is 2.55. The molecular formula is C18H19ClN2O. The van der Waals surface area contributed by atoms with Crippen molar-refractivity contribution in [2.24, 2.45) is 4.99 Å². The van der Waals surface area contributed by atoms with Crippen LogP contribution in [0.4, 0.5) is 5.69 Å². The van der Waals surface area contributed by atoms with Crippen LogP contribution in [0.2, 0.25) is 5.02 Å². The third-order valence-electron chi connectivity index (χ3n) is 4.01. The van der Waals surface area contributed by atoms with Gasteiger partial charge in [0, 0.05) is 22.7 Å². The molecule has 114 valence electrons. The largest absolute Gasteiger partial charge is 0.363 e. The van der Waals surface area contributed by atoms with E-state index in [4.69, 9.17) is 11.6 Å². The molecule has 1 heterocycles. The van der Waals surface area contributed by atoms with Crippen LogP contribution in [0.15, 0.2) is 53.5 Å². The van der Waals surface area contributed by atoms with E-state index in [0.717, 1.165) is 36.2 Å². The van der Waals surface area contributed by atoms with Crippen LogP contribution in [0.25, 0.3) is 0 Å². The lowest BCUT2D eigenvalue weighted by atomic mass is 9.90. The average molecular weight is 315 g/mol. The van der Waals surface area contributed by atoms with Gasteiger partial charge in [-0.25, -0.2) is 4.99 Å². The second kappa shape index (κ2) is 6.11. The lowest BCUT2D eigenvalue weighted by molar-refractivity contribution is -0.0369. The molecule has 2 aromatic rings. The molecule has 0 saturated carbocycles. The molecule has 3 nitrogen and oxygen atoms in total. The summed E-state index contributed by atoms with van der Waals surface area (Å²) in [6.45, 7) is 2.87. The molecule has 22 heavy (non-hydrogen) atoms. The molecule has 0 saturated heterocycles. The molecule has 0 amide bonds. The Labute approximate surface area is 135 Å². The van der Waals surface area contributed by atoms with E-state index in [1.165, 1.54) is 0 Å². The van der Waals surface area contributed by atoms with Crippen LogP contribution in [0.1, 0.15) is 30.9 Å². The van der Waals surface area contributed by atoms with Gasteiger partial charge in [-0.3, -0.25) is 0 Å². The summed E-state index contributed by atoms with van der Waals surface area (Å²) in [5.41, 5.74) is 1.06. The van der Waals surface area contributed by atoms with Crippen LogP contribution in [0, 0.1) is 0 Å². The van der Waals surface area contributed by atoms with E-state index >= 15 is 0 Å². The molecule has 0 radical (unpaired) electrons. The number of hydrogen-bond donors (Lipinski definition) is 1. The van der Waals surface area contributed by atoms with E-state index in [0.29, 0.717) is 5.02 Å². The molecule has 1 unspecified atom stereocenters. The first kappa shape index (κ1) is 15.1. The second-order valence-electron chi connectivity index (χ2n) is 5.49. The first-order chi connectivity index (χ1) is 10.7. The summed E-state index contributed by atoms with van der Waals surface area (Å²) in [4.78, 5) is 6.37. The van der Waals surface area contributed by atoms with E-state index in [9.17, 15) is 5.11 Å². The van der Waals surface area contributed by atoms with Crippen molar-refractivity contribution in [3.8, 4) is 0 Å². The number of halogens is 1. The molecule has 0 spiro atoms. The Balaban J connectivity index is 2.16. The van der Waals surface area contributed by atoms with Crippen molar-refractivity contribution >= 4 is 23.6 Å². The maximum Gasteiger partial charge on any atom is 0.194 e. The Morgan fingerprint density at radius 1 is 1.18 bits per heavy atom. The highest BCUT2D eigenvalue weighted by atomic mass is 35.5. The fourth-order valence-electron chi connectivity index (χ4n) is 2.81. The van der Waals surface area contributed by atoms with Crippen molar-refractivity contribution in [3.05, 3.63) is 64.7 Å². The zero-order valence-electron chi connectivity index (χ0n) is 12.5. The van der Waals surface area contributed by atoms with Crippen LogP contribution in [-0.2, 0) is 5.72 Å². The number of unbranched alkanes of at least 4 members (excludes halogenated alkanes) is 1. The number of hydrogen-bond acceptors (Lipinski definition) is 3. The summed E-state index contributed by atoms with van der Waals surface area (Å²) in [5.74, 6) is 0. The van der Waals surface area contributed by atoms with Crippen LogP contribution in [0.3, 0.4) is 0 Å². The zero-order valence-corrected chi connectivity index (χ0v) is 13.3. The molecule has 1 N–H and O–H groups in total. The number of rotatable bonds is 4. The van der Waals surface area contributed by atoms with Crippen molar-refractivity contribution in [2.45, 2.75) is 25.5 Å². The van der Waals surface area contributed by atoms with Crippen LogP contribution < -0.4 is 0 Å². The molecule has 0 bridgehead atoms. The molecule has 3 rings (SSSR count). The molecule has 0 fully saturated rings. The first-order valence-electron chi connectivity index (χ1n) is 7.55. The minimum Gasteiger partial charge on any atom is -0.363 e. The first-order valence-corrected chi connectivity index (χ1v) is 7.93. The standard InChI is InChI=1S/C18H19ClN2O/c1-2-3-11-21-13-20-17-10-9-15(19)12-16(17)18(21,22)14-7-5-4-6-8-14/h4-10,12-13,22H,2-3,11H2,1H3. The molecule has 0 aromatic heterocycles. The van der Waals surface area contributed by atoms with Crippen molar-refractivity contribution < 1.29 is 5.11 Å². The van der Waals surface area contributed by atoms with Gasteiger partial charge >= 0.3 is 0 Å². The van der Waals surface area contributed by atoms with E-state index in [1.54, 1.807) is 18.5 Å². The Kier molecular flexibility index (Phi) is 4.19. The highest BCUT2D eigenvalue weighted by Crippen LogP contribution is 2.42. The van der Waals surface area contributed by atoms with Gasteiger partial charge in [0.15, 0.2) is 5.72 Å². The summed E-state index contributed by atoms with van der Waals surface area (Å²) in [5, 5.41) is 12.2. The van der Waals surface area contributed by atoms with Crippen molar-refractivity contribution in [2.75, 3.05) is 6.54 Å². The van der Waals surface area contributed by atoms with Gasteiger partial charge in [-0.05, 0) is 24.6 Å². The fourth-order valence-corrected chi connectivity index (χ4v) is 2.98. The third-order valence-corrected chi connectivity index (χ3v) is 4.25. The van der Waals surface area contributed by atoms with Crippen molar-refractivity contribution in [3.63, 3.8) is 0 Å². The number of fused-ring (bicyclic) bond motifs is 1. The molecule has 1 aliphatic heterocycles. The van der Waals surface area contributed by atoms with E-state index in [1.807, 2.05) is 41.3 Å². The highest BCUT2D eigenvalue weighted by Gasteiger charge is 2.41. The van der Waals surface area contributed by atoms with Crippen LogP contribution in [-0.4, -0.2) is 22.9 Å². The maximum absolute atomic E-state index is 11.6. The summed E-state index contributed by atoms with van der Waals surface area (Å²) in [6, 6.07) is 15.1. The van der Waals surface area contributed by atoms with Gasteiger partial charge in [0.25, 0.3) is 0 Å². The molecule has 1 aliphatic rings. The molecule has 0 aliphatic carbocycles. The second-order valence-corrected chi connectivity index (χ2v) is 5.93. The lowest BCUT2D eigenvalue weighted by Crippen LogP contribution is -2.48. The normalized spacial score (nSPS) is 20.0. The predicted molar refractivity (Wildman–Crippen MR) is 90.7 cm³/mol. The Hall–Kier alpha value is -1.84. The lowest BCUT2D eigenvalue weighted by Gasteiger charge is -2.42. The summed E-state index contributed by atoms with van der Waals surface area (Å²) < 4.78 is 0. The topological polar surface area (TPSA) is 35.8 Å². The summed E-state index contributed by atoms with van der Waals surface area (Å²) >= 11 is 6.16. The van der Waals surface area contributed by atoms with E-state index in [2.05, 4.69) is 11.9 Å². The quantitative estimate of drug-likeness (QED) is 0.913. The van der Waals surface area contributed by atoms with Gasteiger partial charge in [0.2, 0.25) is 0 Å². The Morgan fingerprint density at radius 3 is 2.68 bits per heavy atom. The number of aliphatic imine (C=N–C) groups is 1. The van der Waals surface area contributed by atoms with Crippen molar-refractivity contribution in [1.29, 1.82) is 0 Å². The molecular weight excluding hydrogens is 296 g/mol. The van der Waals surface area contributed by atoms with Gasteiger partial charge in [-0.2, -0.15) is 0 Å². The predicted octanol–water partition coefficient (Wildman–Crippen LogP) is 4.31. The van der Waals surface area contributed by atoms with Crippen LogP contribution >= 0.6 is 11.6 Å². The maximum atomic E-state index is 11.6. The summed E-state index contributed by atoms with van der Waals surface area (Å²) in [7, 11) is 0. The molecule has 2 aromatic carbocycles. The highest BCUT2D eigenvalue weighted by molar-refractivity contribution is 6.30. The van der Waals surface area contributed by atoms with Gasteiger partial charge < -0.3 is 10.0 Å². The smallest absolute Gasteiger partial charge is 0.194 e. The molecule has 1 atom stereocenters. The SMILES string of the molecule is CCCCN1C=Nc2ccc(Cl)cc2C1(O)c1ccccc1. The monoisotopic (exact) mass is 314 g/mol. The van der Waals surface area contributed by atoms with E-state index < -0.39 is 5.72 Å². The summed E-state index contributed by atoms with van der Waals surface area (Å²) in [6.07, 6.45) is 3.77. The minimum atomic E-state index is -1.24. The number of nitrogens with zero attached hydrogens (tertiary/aromatic N) is 2. The van der Waals surface area contributed by atoms with Gasteiger partial charge in [0.05, 0.1) is 12.0 Å². The Morgan fingerprint density at radius 2 is 1.95 bits per heavy atom. The van der Waals surface area contributed by atoms with Gasteiger partial charge in [-0.15, -0.1) is 0 Å². The minimum absolute atomic E-state index is 0.598. The van der Waals surface area contributed by atoms with Gasteiger partial charge in [0.1, 0.15) is 0 Å². The number of benzene rings is 2. The van der Waals surface area contributed by atoms with Crippen LogP contribution in [0.5, 0.6) is 0 Å².